The molecule has 0 fully saturated rings. The fourth-order valence-electron chi connectivity index (χ4n) is 4.95. The van der Waals surface area contributed by atoms with Crippen molar-refractivity contribution in [3.05, 3.63) is 71.8 Å². The van der Waals surface area contributed by atoms with Gasteiger partial charge in [-0.25, -0.2) is 4.79 Å². The normalized spacial score (nSPS) is 18.6. The third kappa shape index (κ3) is 5.14. The number of rotatable bonds is 8. The molecule has 0 unspecified atom stereocenters. The Kier molecular flexibility index (Phi) is 7.30. The number of carbonyl (C=O) groups excluding carboxylic acids is 2. The molecule has 2 aromatic carbocycles. The van der Waals surface area contributed by atoms with Gasteiger partial charge >= 0.3 is 12.1 Å². The second-order valence-corrected chi connectivity index (χ2v) is 8.83. The molecule has 2 N–H and O–H groups in total. The van der Waals surface area contributed by atoms with Crippen molar-refractivity contribution in [1.29, 1.82) is 0 Å². The van der Waals surface area contributed by atoms with Gasteiger partial charge in [0.05, 0.1) is 6.04 Å². The lowest BCUT2D eigenvalue weighted by atomic mass is 9.89. The summed E-state index contributed by atoms with van der Waals surface area (Å²) in [6.45, 7) is 2.22. The number of carboxylic acids is 1. The molecule has 2 atom stereocenters. The molecule has 7 heteroatoms. The Morgan fingerprint density at radius 2 is 1.71 bits per heavy atom. The Morgan fingerprint density at radius 1 is 1.06 bits per heavy atom. The van der Waals surface area contributed by atoms with Crippen LogP contribution in [0.2, 0.25) is 0 Å². The predicted molar refractivity (Wildman–Crippen MR) is 128 cm³/mol. The van der Waals surface area contributed by atoms with Gasteiger partial charge in [0, 0.05) is 18.4 Å². The molecule has 34 heavy (non-hydrogen) atoms. The van der Waals surface area contributed by atoms with E-state index in [1.807, 2.05) is 43.3 Å². The Labute approximate surface area is 199 Å². The third-order valence-corrected chi connectivity index (χ3v) is 6.45. The van der Waals surface area contributed by atoms with Crippen molar-refractivity contribution in [2.24, 2.45) is 5.92 Å². The first-order chi connectivity index (χ1) is 16.5. The number of carbonyl (C=O) groups is 3. The molecule has 0 bridgehead atoms. The molecule has 178 valence electrons. The number of amides is 2. The summed E-state index contributed by atoms with van der Waals surface area (Å²) in [5.74, 6) is -1.60. The van der Waals surface area contributed by atoms with Crippen LogP contribution in [-0.4, -0.2) is 53.7 Å². The highest BCUT2D eigenvalue weighted by Gasteiger charge is 2.31. The van der Waals surface area contributed by atoms with Gasteiger partial charge in [0.15, 0.2) is 0 Å². The molecule has 0 radical (unpaired) electrons. The standard InChI is InChI=1S/C27H30N2O5/c1-2-14-29(16-25(30)31)26(32)18-8-7-9-19(15-18)28-27(33)34-17-24-22-12-5-3-10-20(22)21-11-4-6-13-23(21)24/h3-7,9-13,18-19,24H,2,8,14-17H2,1H3,(H,28,33)(H,30,31)/t18-,19-/m1/s1. The molecule has 0 spiro atoms. The van der Waals surface area contributed by atoms with Gasteiger partial charge in [0.25, 0.3) is 0 Å². The van der Waals surface area contributed by atoms with Crippen molar-refractivity contribution in [3.8, 4) is 11.1 Å². The topological polar surface area (TPSA) is 95.9 Å². The van der Waals surface area contributed by atoms with Crippen molar-refractivity contribution in [3.63, 3.8) is 0 Å². The summed E-state index contributed by atoms with van der Waals surface area (Å²) >= 11 is 0. The van der Waals surface area contributed by atoms with Gasteiger partial charge in [-0.15, -0.1) is 0 Å². The molecule has 4 rings (SSSR count). The maximum absolute atomic E-state index is 12.9. The predicted octanol–water partition coefficient (Wildman–Crippen LogP) is 4.18. The molecular weight excluding hydrogens is 432 g/mol. The molecule has 2 aromatic rings. The summed E-state index contributed by atoms with van der Waals surface area (Å²) in [6.07, 6.45) is 4.84. The zero-order chi connectivity index (χ0) is 24.1. The van der Waals surface area contributed by atoms with Crippen LogP contribution in [-0.2, 0) is 14.3 Å². The minimum Gasteiger partial charge on any atom is -0.480 e. The summed E-state index contributed by atoms with van der Waals surface area (Å²) in [5.41, 5.74) is 4.63. The Hall–Kier alpha value is -3.61. The number of nitrogens with one attached hydrogen (secondary N) is 1. The number of hydrogen-bond acceptors (Lipinski definition) is 4. The van der Waals surface area contributed by atoms with E-state index in [-0.39, 0.29) is 36.9 Å². The van der Waals surface area contributed by atoms with Gasteiger partial charge in [-0.3, -0.25) is 9.59 Å². The first-order valence-electron chi connectivity index (χ1n) is 11.8. The number of nitrogens with zero attached hydrogens (tertiary/aromatic N) is 1. The van der Waals surface area contributed by atoms with Gasteiger partial charge in [0.1, 0.15) is 13.2 Å². The zero-order valence-corrected chi connectivity index (χ0v) is 19.3. The first kappa shape index (κ1) is 23.5. The van der Waals surface area contributed by atoms with Crippen LogP contribution in [0.15, 0.2) is 60.7 Å². The Morgan fingerprint density at radius 3 is 2.32 bits per heavy atom. The summed E-state index contributed by atoms with van der Waals surface area (Å²) in [6, 6.07) is 16.0. The number of ether oxygens (including phenoxy) is 1. The van der Waals surface area contributed by atoms with E-state index in [1.54, 1.807) is 0 Å². The van der Waals surface area contributed by atoms with Gasteiger partial charge < -0.3 is 20.1 Å². The van der Waals surface area contributed by atoms with Crippen LogP contribution in [0.4, 0.5) is 4.79 Å². The zero-order valence-electron chi connectivity index (χ0n) is 19.3. The third-order valence-electron chi connectivity index (χ3n) is 6.45. The monoisotopic (exact) mass is 462 g/mol. The van der Waals surface area contributed by atoms with Crippen LogP contribution >= 0.6 is 0 Å². The number of fused-ring (bicyclic) bond motifs is 3. The molecule has 2 amide bonds. The minimum absolute atomic E-state index is 0.0204. The van der Waals surface area contributed by atoms with Crippen molar-refractivity contribution >= 4 is 18.0 Å². The van der Waals surface area contributed by atoms with Crippen LogP contribution in [0, 0.1) is 5.92 Å². The fraction of sp³-hybridized carbons (Fsp3) is 0.370. The maximum Gasteiger partial charge on any atom is 0.407 e. The highest BCUT2D eigenvalue weighted by molar-refractivity contribution is 5.83. The van der Waals surface area contributed by atoms with E-state index >= 15 is 0 Å². The summed E-state index contributed by atoms with van der Waals surface area (Å²) in [5, 5.41) is 12.0. The lowest BCUT2D eigenvalue weighted by Gasteiger charge is -2.29. The van der Waals surface area contributed by atoms with E-state index in [0.717, 1.165) is 11.1 Å². The van der Waals surface area contributed by atoms with Crippen LogP contribution < -0.4 is 5.32 Å². The molecule has 0 saturated heterocycles. The number of alkyl carbamates (subject to hydrolysis) is 1. The second kappa shape index (κ2) is 10.5. The highest BCUT2D eigenvalue weighted by atomic mass is 16.5. The SMILES string of the molecule is CCCN(CC(=O)O)C(=O)[C@@H]1CC=C[C@@H](NC(=O)OCC2c3ccccc3-c3ccccc32)C1. The van der Waals surface area contributed by atoms with Gasteiger partial charge in [-0.2, -0.15) is 0 Å². The summed E-state index contributed by atoms with van der Waals surface area (Å²) < 4.78 is 5.62. The van der Waals surface area contributed by atoms with E-state index in [1.165, 1.54) is 16.0 Å². The van der Waals surface area contributed by atoms with Crippen molar-refractivity contribution in [1.82, 2.24) is 10.2 Å². The van der Waals surface area contributed by atoms with Crippen LogP contribution in [0.3, 0.4) is 0 Å². The quantitative estimate of drug-likeness (QED) is 0.574. The highest BCUT2D eigenvalue weighted by Crippen LogP contribution is 2.44. The maximum atomic E-state index is 12.9. The molecular formula is C27H30N2O5. The van der Waals surface area contributed by atoms with Gasteiger partial charge in [-0.1, -0.05) is 67.6 Å². The van der Waals surface area contributed by atoms with Gasteiger partial charge in [0.2, 0.25) is 5.91 Å². The molecule has 0 heterocycles. The number of aliphatic carboxylic acids is 1. The summed E-state index contributed by atoms with van der Waals surface area (Å²) in [7, 11) is 0. The smallest absolute Gasteiger partial charge is 0.407 e. The first-order valence-corrected chi connectivity index (χ1v) is 11.8. The molecule has 0 aromatic heterocycles. The molecule has 7 nitrogen and oxygen atoms in total. The van der Waals surface area contributed by atoms with Crippen molar-refractivity contribution < 1.29 is 24.2 Å². The lowest BCUT2D eigenvalue weighted by Crippen LogP contribution is -2.44. The lowest BCUT2D eigenvalue weighted by molar-refractivity contribution is -0.146. The number of benzene rings is 2. The average Bonchev–Trinajstić information content (AvgIpc) is 3.16. The van der Waals surface area contributed by atoms with Crippen LogP contribution in [0.25, 0.3) is 11.1 Å². The fourth-order valence-corrected chi connectivity index (χ4v) is 4.95. The van der Waals surface area contributed by atoms with E-state index in [2.05, 4.69) is 29.6 Å². The van der Waals surface area contributed by atoms with Gasteiger partial charge in [-0.05, 0) is 41.5 Å². The number of hydrogen-bond donors (Lipinski definition) is 2. The van der Waals surface area contributed by atoms with E-state index < -0.39 is 12.1 Å². The van der Waals surface area contributed by atoms with Crippen LogP contribution in [0.5, 0.6) is 0 Å². The van der Waals surface area contributed by atoms with Crippen molar-refractivity contribution in [2.75, 3.05) is 19.7 Å². The summed E-state index contributed by atoms with van der Waals surface area (Å²) in [4.78, 5) is 38.0. The van der Waals surface area contributed by atoms with Crippen molar-refractivity contribution in [2.45, 2.75) is 38.1 Å². The van der Waals surface area contributed by atoms with E-state index in [9.17, 15) is 14.4 Å². The second-order valence-electron chi connectivity index (χ2n) is 8.83. The average molecular weight is 463 g/mol. The number of allylic oxidation sites excluding steroid dienone is 1. The Bertz CT molecular complexity index is 1050. The molecule has 0 aliphatic heterocycles. The van der Waals surface area contributed by atoms with E-state index in [0.29, 0.717) is 25.8 Å². The molecule has 2 aliphatic rings. The molecule has 0 saturated carbocycles. The Balaban J connectivity index is 1.35. The molecule has 2 aliphatic carbocycles. The largest absolute Gasteiger partial charge is 0.480 e. The minimum atomic E-state index is -1.03. The number of carboxylic acid groups (broad SMARTS) is 1. The van der Waals surface area contributed by atoms with Crippen LogP contribution in [0.1, 0.15) is 43.2 Å². The van der Waals surface area contributed by atoms with E-state index in [4.69, 9.17) is 9.84 Å².